The zero-order valence-corrected chi connectivity index (χ0v) is 20.1. The van der Waals surface area contributed by atoms with E-state index >= 15 is 0 Å². The molecule has 6 rings (SSSR count). The van der Waals surface area contributed by atoms with Gasteiger partial charge in [-0.3, -0.25) is 9.78 Å². The molecule has 0 bridgehead atoms. The number of carbonyl (C=O) groups excluding carboxylic acids is 1. The summed E-state index contributed by atoms with van der Waals surface area (Å²) in [5.41, 5.74) is 6.11. The summed E-state index contributed by atoms with van der Waals surface area (Å²) in [7, 11) is 0. The second-order valence-corrected chi connectivity index (χ2v) is 9.54. The molecule has 1 unspecified atom stereocenters. The third kappa shape index (κ3) is 4.21. The van der Waals surface area contributed by atoms with Crippen molar-refractivity contribution < 1.29 is 26.7 Å². The monoisotopic (exact) mass is 545 g/mol. The van der Waals surface area contributed by atoms with E-state index in [0.717, 1.165) is 6.20 Å². The number of nitrogen functional groups attached to an aromatic ring is 1. The number of nitrogens with one attached hydrogen (secondary N) is 1. The van der Waals surface area contributed by atoms with Crippen LogP contribution in [0.3, 0.4) is 0 Å². The third-order valence-corrected chi connectivity index (χ3v) is 6.99. The number of pyridine rings is 1. The Morgan fingerprint density at radius 1 is 1.15 bits per heavy atom. The maximum atomic E-state index is 13.5. The molecular formula is C24H20F5N9O. The molecule has 5 heterocycles. The van der Waals surface area contributed by atoms with Crippen molar-refractivity contribution in [2.45, 2.75) is 50.1 Å². The number of rotatable bonds is 7. The molecule has 0 aromatic carbocycles. The number of halogens is 5. The molecule has 1 aliphatic carbocycles. The molecule has 15 heteroatoms. The van der Waals surface area contributed by atoms with Gasteiger partial charge in [0.25, 0.3) is 6.43 Å². The van der Waals surface area contributed by atoms with Crippen LogP contribution in [0.1, 0.15) is 54.6 Å². The Morgan fingerprint density at radius 3 is 2.62 bits per heavy atom. The van der Waals surface area contributed by atoms with Gasteiger partial charge in [0.05, 0.1) is 23.1 Å². The number of alkyl halides is 5. The lowest BCUT2D eigenvalue weighted by Gasteiger charge is -2.27. The molecule has 202 valence electrons. The SMILES string of the molecule is Nc1nc(-c2cn3ncnc3c(CCCC(F)(F)F)n2)nc2c1C(c1ccc(C(F)F)cn1)(C1CC1)C(=O)N2. The van der Waals surface area contributed by atoms with Gasteiger partial charge in [-0.2, -0.15) is 18.3 Å². The number of aromatic nitrogens is 7. The first-order chi connectivity index (χ1) is 18.6. The van der Waals surface area contributed by atoms with Gasteiger partial charge < -0.3 is 11.1 Å². The van der Waals surface area contributed by atoms with Crippen molar-refractivity contribution in [1.29, 1.82) is 0 Å². The van der Waals surface area contributed by atoms with E-state index in [1.54, 1.807) is 0 Å². The Labute approximate surface area is 216 Å². The van der Waals surface area contributed by atoms with Crippen molar-refractivity contribution in [2.24, 2.45) is 5.92 Å². The highest BCUT2D eigenvalue weighted by Crippen LogP contribution is 2.57. The van der Waals surface area contributed by atoms with Crippen molar-refractivity contribution in [3.63, 3.8) is 0 Å². The second-order valence-electron chi connectivity index (χ2n) is 9.54. The van der Waals surface area contributed by atoms with Crippen LogP contribution < -0.4 is 11.1 Å². The van der Waals surface area contributed by atoms with Crippen LogP contribution in [-0.2, 0) is 16.6 Å². The Morgan fingerprint density at radius 2 is 1.95 bits per heavy atom. The van der Waals surface area contributed by atoms with E-state index in [0.29, 0.717) is 24.1 Å². The lowest BCUT2D eigenvalue weighted by molar-refractivity contribution is -0.135. The van der Waals surface area contributed by atoms with Gasteiger partial charge in [-0.1, -0.05) is 0 Å². The van der Waals surface area contributed by atoms with Crippen molar-refractivity contribution in [3.05, 3.63) is 53.4 Å². The number of nitrogens with two attached hydrogens (primary N) is 1. The predicted octanol–water partition coefficient (Wildman–Crippen LogP) is 4.03. The summed E-state index contributed by atoms with van der Waals surface area (Å²) in [6.07, 6.45) is -3.07. The number of carbonyl (C=O) groups is 1. The van der Waals surface area contributed by atoms with E-state index in [1.165, 1.54) is 29.2 Å². The molecule has 3 N–H and O–H groups in total. The topological polar surface area (TPSA) is 137 Å². The number of hydrogen-bond acceptors (Lipinski definition) is 8. The summed E-state index contributed by atoms with van der Waals surface area (Å²) in [5.74, 6) is -0.491. The highest BCUT2D eigenvalue weighted by atomic mass is 19.4. The van der Waals surface area contributed by atoms with E-state index in [1.807, 2.05) is 0 Å². The van der Waals surface area contributed by atoms with Crippen molar-refractivity contribution in [2.75, 3.05) is 11.1 Å². The van der Waals surface area contributed by atoms with Gasteiger partial charge in [-0.05, 0) is 43.7 Å². The number of anilines is 2. The lowest BCUT2D eigenvalue weighted by atomic mass is 9.74. The van der Waals surface area contributed by atoms with Gasteiger partial charge in [-0.25, -0.2) is 33.2 Å². The first-order valence-electron chi connectivity index (χ1n) is 12.1. The summed E-state index contributed by atoms with van der Waals surface area (Å²) >= 11 is 0. The van der Waals surface area contributed by atoms with Crippen LogP contribution in [0.15, 0.2) is 30.9 Å². The Balaban J connectivity index is 1.42. The summed E-state index contributed by atoms with van der Waals surface area (Å²) in [6.45, 7) is 0. The largest absolute Gasteiger partial charge is 0.389 e. The van der Waals surface area contributed by atoms with Crippen LogP contribution in [0.25, 0.3) is 17.2 Å². The van der Waals surface area contributed by atoms with E-state index < -0.39 is 30.3 Å². The van der Waals surface area contributed by atoms with Crippen LogP contribution in [-0.4, -0.2) is 46.6 Å². The number of aryl methyl sites for hydroxylation is 1. The highest BCUT2D eigenvalue weighted by Gasteiger charge is 2.60. The van der Waals surface area contributed by atoms with Crippen LogP contribution in [0.5, 0.6) is 0 Å². The zero-order valence-electron chi connectivity index (χ0n) is 20.1. The molecule has 0 spiro atoms. The fourth-order valence-electron chi connectivity index (χ4n) is 5.14. The smallest absolute Gasteiger partial charge is 0.383 e. The van der Waals surface area contributed by atoms with E-state index in [2.05, 4.69) is 35.3 Å². The minimum absolute atomic E-state index is 0.0161. The molecule has 39 heavy (non-hydrogen) atoms. The van der Waals surface area contributed by atoms with Gasteiger partial charge in [0, 0.05) is 18.2 Å². The quantitative estimate of drug-likeness (QED) is 0.332. The van der Waals surface area contributed by atoms with Gasteiger partial charge in [0.2, 0.25) is 5.91 Å². The third-order valence-electron chi connectivity index (χ3n) is 6.99. The van der Waals surface area contributed by atoms with Gasteiger partial charge >= 0.3 is 6.18 Å². The molecule has 0 saturated heterocycles. The minimum atomic E-state index is -4.31. The summed E-state index contributed by atoms with van der Waals surface area (Å²) in [4.78, 5) is 35.1. The second kappa shape index (κ2) is 8.88. The van der Waals surface area contributed by atoms with Crippen molar-refractivity contribution >= 4 is 23.2 Å². The van der Waals surface area contributed by atoms with Gasteiger partial charge in [-0.15, -0.1) is 0 Å². The molecule has 4 aromatic rings. The molecule has 1 amide bonds. The number of nitrogens with zero attached hydrogens (tertiary/aromatic N) is 7. The molecule has 10 nitrogen and oxygen atoms in total. The zero-order chi connectivity index (χ0) is 27.5. The first kappa shape index (κ1) is 25.0. The normalized spacial score (nSPS) is 19.1. The molecule has 1 fully saturated rings. The Kier molecular flexibility index (Phi) is 5.69. The van der Waals surface area contributed by atoms with E-state index in [-0.39, 0.29) is 58.9 Å². The molecule has 1 atom stereocenters. The average molecular weight is 545 g/mol. The van der Waals surface area contributed by atoms with Crippen LogP contribution in [0.4, 0.5) is 33.6 Å². The van der Waals surface area contributed by atoms with Crippen LogP contribution in [0.2, 0.25) is 0 Å². The van der Waals surface area contributed by atoms with E-state index in [9.17, 15) is 26.7 Å². The van der Waals surface area contributed by atoms with E-state index in [4.69, 9.17) is 5.73 Å². The molecular weight excluding hydrogens is 525 g/mol. The number of fused-ring (bicyclic) bond motifs is 2. The predicted molar refractivity (Wildman–Crippen MR) is 127 cm³/mol. The maximum absolute atomic E-state index is 13.5. The number of amides is 1. The Bertz CT molecular complexity index is 1580. The summed E-state index contributed by atoms with van der Waals surface area (Å²) in [5, 5.41) is 6.82. The first-order valence-corrected chi connectivity index (χ1v) is 12.1. The molecule has 0 radical (unpaired) electrons. The maximum Gasteiger partial charge on any atom is 0.389 e. The summed E-state index contributed by atoms with van der Waals surface area (Å²) < 4.78 is 65.7. The van der Waals surface area contributed by atoms with Gasteiger partial charge in [0.15, 0.2) is 11.5 Å². The minimum Gasteiger partial charge on any atom is -0.383 e. The fraction of sp³-hybridized carbons (Fsp3) is 0.375. The molecule has 4 aromatic heterocycles. The molecule has 1 saturated carbocycles. The Hall–Kier alpha value is -4.30. The molecule has 1 aliphatic heterocycles. The van der Waals surface area contributed by atoms with Crippen molar-refractivity contribution in [1.82, 2.24) is 34.5 Å². The average Bonchev–Trinajstić information content (AvgIpc) is 3.53. The lowest BCUT2D eigenvalue weighted by Crippen LogP contribution is -2.39. The fourth-order valence-corrected chi connectivity index (χ4v) is 5.14. The number of hydrogen-bond donors (Lipinski definition) is 2. The van der Waals surface area contributed by atoms with Crippen LogP contribution in [0, 0.1) is 5.92 Å². The summed E-state index contributed by atoms with van der Waals surface area (Å²) in [6, 6.07) is 2.63. The highest BCUT2D eigenvalue weighted by molar-refractivity contribution is 6.09. The molecule has 2 aliphatic rings. The van der Waals surface area contributed by atoms with Gasteiger partial charge in [0.1, 0.15) is 29.1 Å². The van der Waals surface area contributed by atoms with Crippen LogP contribution >= 0.6 is 0 Å². The standard InChI is InChI=1S/C24H20F5N9O/c25-17(26)11-3-6-15(31-8-11)24(12-4-5-12)16-18(30)35-19(36-20(16)37-22(24)39)14-9-38-21(32-10-33-38)13(34-14)2-1-7-23(27,28)29/h3,6,8-10,12,17H,1-2,4-5,7H2,(H3,30,35,36,37,39). The van der Waals surface area contributed by atoms with Crippen molar-refractivity contribution in [3.8, 4) is 11.5 Å².